The van der Waals surface area contributed by atoms with Gasteiger partial charge in [0.05, 0.1) is 0 Å². The zero-order valence-electron chi connectivity index (χ0n) is 5.76. The molecule has 1 rings (SSSR count). The summed E-state index contributed by atoms with van der Waals surface area (Å²) < 4.78 is 17.6. The van der Waals surface area contributed by atoms with Crippen LogP contribution in [0.25, 0.3) is 0 Å². The van der Waals surface area contributed by atoms with Crippen molar-refractivity contribution in [2.24, 2.45) is 10.6 Å². The van der Waals surface area contributed by atoms with Gasteiger partial charge in [0.15, 0.2) is 10.9 Å². The Morgan fingerprint density at radius 1 is 1.33 bits per heavy atom. The molecule has 1 aliphatic carbocycles. The Labute approximate surface area is 57.3 Å². The molecule has 9 heavy (non-hydrogen) atoms. The number of rotatable bonds is 0. The van der Waals surface area contributed by atoms with Gasteiger partial charge in [-0.05, 0) is 18.3 Å². The van der Waals surface area contributed by atoms with Gasteiger partial charge in [-0.3, -0.25) is 0 Å². The first-order chi connectivity index (χ1) is 3.94. The molecule has 1 saturated carbocycles. The van der Waals surface area contributed by atoms with E-state index in [4.69, 9.17) is 8.42 Å². The van der Waals surface area contributed by atoms with Crippen molar-refractivity contribution in [2.75, 3.05) is 0 Å². The van der Waals surface area contributed by atoms with Crippen molar-refractivity contribution in [3.05, 3.63) is 0 Å². The fraction of sp³-hybridized carbons (Fsp3) is 1.00. The Bertz CT molecular complexity index is 137. The molecule has 4 heteroatoms. The molecule has 0 unspecified atom stereocenters. The minimum absolute atomic E-state index is 0.750. The lowest BCUT2D eigenvalue weighted by atomic mass is 10.2. The fourth-order valence-corrected chi connectivity index (χ4v) is 0.250. The van der Waals surface area contributed by atoms with E-state index in [1.807, 2.05) is 0 Å². The van der Waals surface area contributed by atoms with Gasteiger partial charge in [0.25, 0.3) is 0 Å². The molecule has 0 aliphatic heterocycles. The van der Waals surface area contributed by atoms with Crippen LogP contribution < -0.4 is 5.14 Å². The van der Waals surface area contributed by atoms with E-state index >= 15 is 0 Å². The molecule has 1 aliphatic rings. The summed E-state index contributed by atoms with van der Waals surface area (Å²) >= 11 is 0. The SMILES string of the molecule is CC1(C)CC1.N[SH](=O)=O. The molecule has 3 nitrogen and oxygen atoms in total. The maximum atomic E-state index is 8.81. The molecular weight excluding hydrogens is 138 g/mol. The van der Waals surface area contributed by atoms with E-state index in [1.54, 1.807) is 0 Å². The van der Waals surface area contributed by atoms with Gasteiger partial charge in [-0.25, -0.2) is 13.6 Å². The van der Waals surface area contributed by atoms with Crippen LogP contribution in [-0.4, -0.2) is 8.42 Å². The fourth-order valence-electron chi connectivity index (χ4n) is 0.250. The Hall–Kier alpha value is -0.0900. The highest BCUT2D eigenvalue weighted by Gasteiger charge is 2.30. The quantitative estimate of drug-likeness (QED) is 0.488. The highest BCUT2D eigenvalue weighted by molar-refractivity contribution is 7.69. The van der Waals surface area contributed by atoms with Crippen molar-refractivity contribution < 1.29 is 8.42 Å². The van der Waals surface area contributed by atoms with Crippen molar-refractivity contribution in [3.63, 3.8) is 0 Å². The van der Waals surface area contributed by atoms with Crippen LogP contribution in [0.4, 0.5) is 0 Å². The van der Waals surface area contributed by atoms with Gasteiger partial charge in [0, 0.05) is 0 Å². The molecular formula is C5H13NO2S. The summed E-state index contributed by atoms with van der Waals surface area (Å²) in [5, 5.41) is 4.06. The van der Waals surface area contributed by atoms with Crippen LogP contribution in [0.5, 0.6) is 0 Å². The largest absolute Gasteiger partial charge is 0.231 e. The smallest absolute Gasteiger partial charge is 0.198 e. The zero-order chi connectivity index (χ0) is 7.49. The van der Waals surface area contributed by atoms with E-state index in [2.05, 4.69) is 19.0 Å². The summed E-state index contributed by atoms with van der Waals surface area (Å²) in [5.41, 5.74) is 0.750. The summed E-state index contributed by atoms with van der Waals surface area (Å²) in [6.45, 7) is 4.60. The maximum absolute atomic E-state index is 8.81. The van der Waals surface area contributed by atoms with Crippen molar-refractivity contribution in [1.29, 1.82) is 0 Å². The Morgan fingerprint density at radius 3 is 1.44 bits per heavy atom. The van der Waals surface area contributed by atoms with E-state index in [0.717, 1.165) is 5.41 Å². The lowest BCUT2D eigenvalue weighted by Crippen LogP contribution is -1.85. The summed E-state index contributed by atoms with van der Waals surface area (Å²) in [6.07, 6.45) is 2.90. The van der Waals surface area contributed by atoms with E-state index in [-0.39, 0.29) is 0 Å². The molecule has 0 heterocycles. The van der Waals surface area contributed by atoms with Gasteiger partial charge in [-0.2, -0.15) is 0 Å². The van der Waals surface area contributed by atoms with E-state index in [9.17, 15) is 0 Å². The average Bonchev–Trinajstić information content (AvgIpc) is 2.16. The van der Waals surface area contributed by atoms with Crippen LogP contribution >= 0.6 is 0 Å². The minimum Gasteiger partial charge on any atom is -0.231 e. The van der Waals surface area contributed by atoms with Gasteiger partial charge < -0.3 is 0 Å². The molecule has 0 saturated heterocycles. The third-order valence-electron chi connectivity index (χ3n) is 1.25. The van der Waals surface area contributed by atoms with E-state index < -0.39 is 10.9 Å². The lowest BCUT2D eigenvalue weighted by Gasteiger charge is -1.86. The first-order valence-electron chi connectivity index (χ1n) is 2.83. The van der Waals surface area contributed by atoms with Crippen LogP contribution in [0.15, 0.2) is 0 Å². The molecule has 0 amide bonds. The monoisotopic (exact) mass is 151 g/mol. The molecule has 0 aromatic carbocycles. The molecule has 1 fully saturated rings. The molecule has 0 radical (unpaired) electrons. The standard InChI is InChI=1S/C5H10.H3NO2S/c1-5(2)3-4-5;1-4(2)3/h3-4H2,1-2H3;4H,(H2,1,2,3). The number of hydrogen-bond acceptors (Lipinski definition) is 2. The van der Waals surface area contributed by atoms with Gasteiger partial charge in [0.2, 0.25) is 0 Å². The van der Waals surface area contributed by atoms with Crippen molar-refractivity contribution in [1.82, 2.24) is 0 Å². The maximum Gasteiger partial charge on any atom is 0.198 e. The average molecular weight is 151 g/mol. The van der Waals surface area contributed by atoms with Gasteiger partial charge in [-0.15, -0.1) is 0 Å². The summed E-state index contributed by atoms with van der Waals surface area (Å²) in [4.78, 5) is 0. The summed E-state index contributed by atoms with van der Waals surface area (Å²) in [5.74, 6) is 0. The van der Waals surface area contributed by atoms with Crippen LogP contribution in [0.3, 0.4) is 0 Å². The summed E-state index contributed by atoms with van der Waals surface area (Å²) in [7, 11) is -2.62. The Morgan fingerprint density at radius 2 is 1.44 bits per heavy atom. The van der Waals surface area contributed by atoms with Gasteiger partial charge in [-0.1, -0.05) is 13.8 Å². The van der Waals surface area contributed by atoms with Crippen LogP contribution in [0.2, 0.25) is 0 Å². The normalized spacial score (nSPS) is 20.4. The summed E-state index contributed by atoms with van der Waals surface area (Å²) in [6, 6.07) is 0. The topological polar surface area (TPSA) is 60.2 Å². The predicted molar refractivity (Wildman–Crippen MR) is 37.5 cm³/mol. The molecule has 0 atom stereocenters. The van der Waals surface area contributed by atoms with Crippen molar-refractivity contribution in [2.45, 2.75) is 26.7 Å². The van der Waals surface area contributed by atoms with E-state index in [0.29, 0.717) is 0 Å². The third kappa shape index (κ3) is 11.5. The Balaban J connectivity index is 0.000000148. The van der Waals surface area contributed by atoms with Crippen LogP contribution in [0.1, 0.15) is 26.7 Å². The van der Waals surface area contributed by atoms with Crippen molar-refractivity contribution in [3.8, 4) is 0 Å². The second kappa shape index (κ2) is 3.17. The first kappa shape index (κ1) is 8.91. The third-order valence-corrected chi connectivity index (χ3v) is 1.25. The molecule has 0 aromatic heterocycles. The number of nitrogens with two attached hydrogens (primary N) is 1. The van der Waals surface area contributed by atoms with E-state index in [1.165, 1.54) is 12.8 Å². The van der Waals surface area contributed by atoms with Crippen LogP contribution in [0, 0.1) is 5.41 Å². The molecule has 2 N–H and O–H groups in total. The second-order valence-corrected chi connectivity index (χ2v) is 3.52. The molecule has 0 bridgehead atoms. The second-order valence-electron chi connectivity index (χ2n) is 2.95. The predicted octanol–water partition coefficient (Wildman–Crippen LogP) is 0.278. The highest BCUT2D eigenvalue weighted by atomic mass is 32.2. The van der Waals surface area contributed by atoms with Crippen LogP contribution in [-0.2, 0) is 10.9 Å². The lowest BCUT2D eigenvalue weighted by molar-refractivity contribution is 0.616. The molecule has 0 aromatic rings. The molecule has 0 spiro atoms. The minimum atomic E-state index is -2.62. The first-order valence-corrected chi connectivity index (χ1v) is 4.08. The number of thiol groups is 1. The highest BCUT2D eigenvalue weighted by Crippen LogP contribution is 2.43. The van der Waals surface area contributed by atoms with Crippen molar-refractivity contribution >= 4 is 10.9 Å². The Kier molecular flexibility index (Phi) is 3.14. The molecule has 56 valence electrons. The van der Waals surface area contributed by atoms with Gasteiger partial charge in [0.1, 0.15) is 0 Å². The number of hydrogen-bond donors (Lipinski definition) is 2. The van der Waals surface area contributed by atoms with Gasteiger partial charge >= 0.3 is 0 Å². The zero-order valence-corrected chi connectivity index (χ0v) is 6.65.